The molecular formula is C22H27N5O. The zero-order valence-electron chi connectivity index (χ0n) is 16.7. The lowest BCUT2D eigenvalue weighted by Gasteiger charge is -2.36. The number of nitrogens with one attached hydrogen (secondary N) is 3. The molecule has 2 heterocycles. The normalized spacial score (nSPS) is 17.2. The van der Waals surface area contributed by atoms with E-state index in [1.165, 1.54) is 0 Å². The molecule has 0 fully saturated rings. The fourth-order valence-corrected chi connectivity index (χ4v) is 4.05. The highest BCUT2D eigenvalue weighted by molar-refractivity contribution is 6.00. The Morgan fingerprint density at radius 1 is 1.39 bits per heavy atom. The van der Waals surface area contributed by atoms with E-state index in [9.17, 15) is 4.79 Å². The molecule has 0 spiro atoms. The number of aromatic nitrogens is 3. The summed E-state index contributed by atoms with van der Waals surface area (Å²) >= 11 is 0. The Bertz CT molecular complexity index is 1030. The molecule has 146 valence electrons. The SMILES string of the molecule is CCC(C)(C)[C@H]1CCc2[nH]nc(C(=O)N/N=C\c3c[nH]c4ccccc34)c2C1. The van der Waals surface area contributed by atoms with Gasteiger partial charge < -0.3 is 4.98 Å². The molecule has 1 aromatic carbocycles. The molecule has 1 aliphatic rings. The van der Waals surface area contributed by atoms with Crippen molar-refractivity contribution in [1.29, 1.82) is 0 Å². The zero-order valence-corrected chi connectivity index (χ0v) is 16.7. The summed E-state index contributed by atoms with van der Waals surface area (Å²) in [6.07, 6.45) is 7.65. The predicted molar refractivity (Wildman–Crippen MR) is 112 cm³/mol. The Balaban J connectivity index is 1.49. The molecule has 1 aliphatic carbocycles. The second-order valence-electron chi connectivity index (χ2n) is 8.30. The van der Waals surface area contributed by atoms with E-state index in [-0.39, 0.29) is 11.3 Å². The first-order valence-corrected chi connectivity index (χ1v) is 9.95. The van der Waals surface area contributed by atoms with Crippen LogP contribution in [0.15, 0.2) is 35.6 Å². The number of benzene rings is 1. The fraction of sp³-hybridized carbons (Fsp3) is 0.409. The van der Waals surface area contributed by atoms with Gasteiger partial charge in [0, 0.05) is 33.9 Å². The number of nitrogens with zero attached hydrogens (tertiary/aromatic N) is 2. The van der Waals surface area contributed by atoms with Gasteiger partial charge in [-0.15, -0.1) is 0 Å². The minimum Gasteiger partial charge on any atom is -0.361 e. The third kappa shape index (κ3) is 3.35. The molecule has 0 saturated heterocycles. The van der Waals surface area contributed by atoms with E-state index in [0.717, 1.165) is 53.4 Å². The average Bonchev–Trinajstić information content (AvgIpc) is 3.32. The summed E-state index contributed by atoms with van der Waals surface area (Å²) < 4.78 is 0. The summed E-state index contributed by atoms with van der Waals surface area (Å²) in [6, 6.07) is 8.00. The minimum atomic E-state index is -0.261. The standard InChI is InChI=1S/C22H27N5O/c1-4-22(2,3)15-9-10-19-17(11-15)20(26-25-19)21(28)27-24-13-14-12-23-18-8-6-5-7-16(14)18/h5-8,12-13,15,23H,4,9-11H2,1-3H3,(H,25,26)(H,27,28)/b24-13-/t15-/m0/s1. The third-order valence-corrected chi connectivity index (χ3v) is 6.37. The fourth-order valence-electron chi connectivity index (χ4n) is 4.05. The number of fused-ring (bicyclic) bond motifs is 2. The van der Waals surface area contributed by atoms with Crippen molar-refractivity contribution in [3.8, 4) is 0 Å². The minimum absolute atomic E-state index is 0.260. The molecule has 0 saturated carbocycles. The maximum absolute atomic E-state index is 12.7. The van der Waals surface area contributed by atoms with Crippen LogP contribution in [-0.4, -0.2) is 27.3 Å². The van der Waals surface area contributed by atoms with E-state index in [4.69, 9.17) is 0 Å². The first-order chi connectivity index (χ1) is 13.5. The van der Waals surface area contributed by atoms with Crippen molar-refractivity contribution in [2.45, 2.75) is 46.5 Å². The van der Waals surface area contributed by atoms with Crippen molar-refractivity contribution in [1.82, 2.24) is 20.6 Å². The smallest absolute Gasteiger partial charge is 0.292 e. The van der Waals surface area contributed by atoms with Crippen LogP contribution in [0.4, 0.5) is 0 Å². The second-order valence-corrected chi connectivity index (χ2v) is 8.30. The molecule has 2 aromatic heterocycles. The Labute approximate surface area is 164 Å². The largest absolute Gasteiger partial charge is 0.361 e. The quantitative estimate of drug-likeness (QED) is 0.460. The first kappa shape index (κ1) is 18.5. The van der Waals surface area contributed by atoms with E-state index in [1.54, 1.807) is 6.21 Å². The van der Waals surface area contributed by atoms with E-state index >= 15 is 0 Å². The van der Waals surface area contributed by atoms with Crippen molar-refractivity contribution >= 4 is 23.0 Å². The molecule has 4 rings (SSSR count). The molecule has 6 heteroatoms. The Hall–Kier alpha value is -2.89. The Morgan fingerprint density at radius 2 is 2.21 bits per heavy atom. The third-order valence-electron chi connectivity index (χ3n) is 6.37. The van der Waals surface area contributed by atoms with Crippen molar-refractivity contribution in [2.75, 3.05) is 0 Å². The molecule has 6 nitrogen and oxygen atoms in total. The molecule has 28 heavy (non-hydrogen) atoms. The van der Waals surface area contributed by atoms with Crippen LogP contribution in [0.3, 0.4) is 0 Å². The molecule has 1 amide bonds. The lowest BCUT2D eigenvalue weighted by molar-refractivity contribution is 0.0947. The van der Waals surface area contributed by atoms with Gasteiger partial charge in [0.2, 0.25) is 0 Å². The second kappa shape index (κ2) is 7.26. The monoisotopic (exact) mass is 377 g/mol. The molecule has 0 aliphatic heterocycles. The van der Waals surface area contributed by atoms with Crippen molar-refractivity contribution in [2.24, 2.45) is 16.4 Å². The maximum atomic E-state index is 12.7. The van der Waals surface area contributed by atoms with Crippen LogP contribution in [0.2, 0.25) is 0 Å². The first-order valence-electron chi connectivity index (χ1n) is 9.95. The number of hydrogen-bond donors (Lipinski definition) is 3. The highest BCUT2D eigenvalue weighted by Crippen LogP contribution is 2.40. The van der Waals surface area contributed by atoms with E-state index in [2.05, 4.69) is 46.5 Å². The number of H-pyrrole nitrogens is 2. The van der Waals surface area contributed by atoms with Crippen LogP contribution in [0.25, 0.3) is 10.9 Å². The van der Waals surface area contributed by atoms with Gasteiger partial charge in [0.1, 0.15) is 0 Å². The summed E-state index contributed by atoms with van der Waals surface area (Å²) in [5.41, 5.74) is 7.50. The number of rotatable bonds is 5. The van der Waals surface area contributed by atoms with Crippen molar-refractivity contribution < 1.29 is 4.79 Å². The number of hydrazone groups is 1. The molecular weight excluding hydrogens is 350 g/mol. The summed E-state index contributed by atoms with van der Waals surface area (Å²) in [4.78, 5) is 15.9. The van der Waals surface area contributed by atoms with Gasteiger partial charge in [0.05, 0.1) is 6.21 Å². The predicted octanol–water partition coefficient (Wildman–Crippen LogP) is 4.20. The van der Waals surface area contributed by atoms with Crippen molar-refractivity contribution in [3.05, 3.63) is 53.0 Å². The van der Waals surface area contributed by atoms with Gasteiger partial charge in [-0.05, 0) is 36.7 Å². The number of para-hydroxylation sites is 1. The lowest BCUT2D eigenvalue weighted by atomic mass is 9.69. The van der Waals surface area contributed by atoms with Gasteiger partial charge in [-0.3, -0.25) is 9.89 Å². The number of amides is 1. The number of carbonyl (C=O) groups excluding carboxylic acids is 1. The highest BCUT2D eigenvalue weighted by atomic mass is 16.2. The van der Waals surface area contributed by atoms with E-state index in [0.29, 0.717) is 11.6 Å². The lowest BCUT2D eigenvalue weighted by Crippen LogP contribution is -2.30. The van der Waals surface area contributed by atoms with Crippen LogP contribution in [0, 0.1) is 11.3 Å². The molecule has 0 unspecified atom stereocenters. The summed E-state index contributed by atoms with van der Waals surface area (Å²) in [7, 11) is 0. The molecule has 1 atom stereocenters. The molecule has 0 radical (unpaired) electrons. The van der Waals surface area contributed by atoms with Crippen LogP contribution in [0.1, 0.15) is 60.9 Å². The maximum Gasteiger partial charge on any atom is 0.292 e. The van der Waals surface area contributed by atoms with Gasteiger partial charge in [-0.2, -0.15) is 10.2 Å². The summed E-state index contributed by atoms with van der Waals surface area (Å²) in [6.45, 7) is 6.86. The Kier molecular flexibility index (Phi) is 4.79. The van der Waals surface area contributed by atoms with Gasteiger partial charge in [0.25, 0.3) is 5.91 Å². The van der Waals surface area contributed by atoms with Crippen LogP contribution in [-0.2, 0) is 12.8 Å². The van der Waals surface area contributed by atoms with Crippen LogP contribution < -0.4 is 5.43 Å². The van der Waals surface area contributed by atoms with Gasteiger partial charge in [-0.1, -0.05) is 45.4 Å². The molecule has 3 aromatic rings. The number of hydrogen-bond acceptors (Lipinski definition) is 3. The van der Waals surface area contributed by atoms with Gasteiger partial charge >= 0.3 is 0 Å². The van der Waals surface area contributed by atoms with E-state index in [1.807, 2.05) is 30.5 Å². The average molecular weight is 377 g/mol. The topological polar surface area (TPSA) is 85.9 Å². The van der Waals surface area contributed by atoms with Crippen LogP contribution >= 0.6 is 0 Å². The number of carbonyl (C=O) groups is 1. The number of aryl methyl sites for hydroxylation is 1. The van der Waals surface area contributed by atoms with Gasteiger partial charge in [-0.25, -0.2) is 5.43 Å². The highest BCUT2D eigenvalue weighted by Gasteiger charge is 2.34. The molecule has 3 N–H and O–H groups in total. The van der Waals surface area contributed by atoms with E-state index < -0.39 is 0 Å². The Morgan fingerprint density at radius 3 is 3.04 bits per heavy atom. The molecule has 0 bridgehead atoms. The zero-order chi connectivity index (χ0) is 19.7. The summed E-state index contributed by atoms with van der Waals surface area (Å²) in [5, 5.41) is 12.6. The van der Waals surface area contributed by atoms with Gasteiger partial charge in [0.15, 0.2) is 5.69 Å². The van der Waals surface area contributed by atoms with Crippen molar-refractivity contribution in [3.63, 3.8) is 0 Å². The summed E-state index contributed by atoms with van der Waals surface area (Å²) in [5.74, 6) is 0.299. The number of aromatic amines is 2. The van der Waals surface area contributed by atoms with Crippen LogP contribution in [0.5, 0.6) is 0 Å².